The summed E-state index contributed by atoms with van der Waals surface area (Å²) >= 11 is 3.30. The molecule has 0 atom stereocenters. The average molecular weight is 816 g/mol. The number of aryl methyl sites for hydroxylation is 2. The van der Waals surface area contributed by atoms with Crippen molar-refractivity contribution in [1.82, 2.24) is 9.97 Å². The zero-order valence-electron chi connectivity index (χ0n) is 30.0. The average Bonchev–Trinajstić information content (AvgIpc) is 3.79. The third-order valence-electron chi connectivity index (χ3n) is 8.13. The molecule has 0 aliphatic heterocycles. The molecule has 4 N–H and O–H groups in total. The summed E-state index contributed by atoms with van der Waals surface area (Å²) < 4.78 is 76.3. The molecule has 2 aromatic heterocycles. The summed E-state index contributed by atoms with van der Waals surface area (Å²) in [6, 6.07) is 33.5. The summed E-state index contributed by atoms with van der Waals surface area (Å²) in [5.74, 6) is -0.541. The molecule has 6 aromatic carbocycles. The number of hydrogen-bond donors (Lipinski definition) is 3. The Kier molecular flexibility index (Phi) is 11.9. The number of halogens is 6. The summed E-state index contributed by atoms with van der Waals surface area (Å²) in [7, 11) is 0. The van der Waals surface area contributed by atoms with Gasteiger partial charge in [-0.15, -0.1) is 27.8 Å². The van der Waals surface area contributed by atoms with Crippen molar-refractivity contribution in [3.8, 4) is 32.6 Å². The number of phenolic OH excluding ortho intramolecular Hbond substituents is 2. The smallest absolute Gasteiger partial charge is 0.416 e. The first-order chi connectivity index (χ1) is 27.0. The molecule has 8 aromatic rings. The number of aromatic hydroxyl groups is 2. The number of azo groups is 1. The van der Waals surface area contributed by atoms with Gasteiger partial charge in [0, 0.05) is 16.8 Å². The number of phenols is 2. The summed E-state index contributed by atoms with van der Waals surface area (Å²) in [5.41, 5.74) is 11.5. The number of fused-ring (bicyclic) bond motifs is 2. The van der Waals surface area contributed by atoms with Crippen LogP contribution in [-0.2, 0) is 12.4 Å². The van der Waals surface area contributed by atoms with E-state index in [1.54, 1.807) is 34.8 Å². The number of benzene rings is 6. The Bertz CT molecular complexity index is 2660. The molecule has 290 valence electrons. The van der Waals surface area contributed by atoms with E-state index in [4.69, 9.17) is 10.8 Å². The third-order valence-corrected chi connectivity index (χ3v) is 10.3. The second kappa shape index (κ2) is 16.8. The Hall–Kier alpha value is -6.32. The Morgan fingerprint density at radius 1 is 0.544 bits per heavy atom. The number of nitrogens with two attached hydrogens (primary N) is 1. The van der Waals surface area contributed by atoms with E-state index in [9.17, 15) is 31.4 Å². The van der Waals surface area contributed by atoms with Crippen molar-refractivity contribution < 1.29 is 36.6 Å². The molecule has 0 saturated carbocycles. The van der Waals surface area contributed by atoms with Gasteiger partial charge < -0.3 is 15.9 Å². The minimum atomic E-state index is -4.52. The molecule has 0 spiro atoms. The van der Waals surface area contributed by atoms with Gasteiger partial charge >= 0.3 is 12.4 Å². The first kappa shape index (κ1) is 40.3. The molecule has 0 radical (unpaired) electrons. The maximum atomic E-state index is 12.8. The standard InChI is InChI=1S/C21H14F3N3OS.C14H12N2S.C7H5F3O/c1-12-2-8-16-19(10-12)29-20(25-16)13-3-6-15(7-4-13)26-27-17-11-14(21(22,23)24)5-9-18(17)28;1-9-2-7-12-13(8-9)17-14(16-12)10-3-5-11(15)6-4-10;8-7(9,10)5-1-3-6(11)4-2-5/h2-11,28H,1H3;2-8H,15H2,1H3;1-4,11H. The molecule has 0 aliphatic carbocycles. The number of alkyl halides is 6. The van der Waals surface area contributed by atoms with Crippen LogP contribution in [0, 0.1) is 13.8 Å². The van der Waals surface area contributed by atoms with Gasteiger partial charge in [0.05, 0.1) is 37.2 Å². The predicted octanol–water partition coefficient (Wildman–Crippen LogP) is 13.7. The van der Waals surface area contributed by atoms with Crippen LogP contribution < -0.4 is 5.73 Å². The SMILES string of the molecule is Cc1ccc2nc(-c3ccc(N)cc3)sc2c1.Cc1ccc2nc(-c3ccc(N=Nc4cc(C(F)(F)F)ccc4O)cc3)sc2c1.Oc1ccc(C(F)(F)F)cc1. The van der Waals surface area contributed by atoms with Gasteiger partial charge in [0.25, 0.3) is 0 Å². The molecular formula is C42H31F6N5O2S2. The van der Waals surface area contributed by atoms with Crippen molar-refractivity contribution in [2.75, 3.05) is 5.73 Å². The van der Waals surface area contributed by atoms with Gasteiger partial charge in [-0.3, -0.25) is 0 Å². The Morgan fingerprint density at radius 2 is 1.02 bits per heavy atom. The molecule has 0 bridgehead atoms. The topological polar surface area (TPSA) is 117 Å². The summed E-state index contributed by atoms with van der Waals surface area (Å²) in [6.45, 7) is 4.13. The molecule has 8 rings (SSSR count). The van der Waals surface area contributed by atoms with Crippen molar-refractivity contribution in [2.24, 2.45) is 10.2 Å². The monoisotopic (exact) mass is 815 g/mol. The predicted molar refractivity (Wildman–Crippen MR) is 214 cm³/mol. The van der Waals surface area contributed by atoms with Crippen LogP contribution in [0.1, 0.15) is 22.3 Å². The van der Waals surface area contributed by atoms with Crippen LogP contribution in [0.5, 0.6) is 11.5 Å². The van der Waals surface area contributed by atoms with Crippen LogP contribution in [0.3, 0.4) is 0 Å². The first-order valence-corrected chi connectivity index (χ1v) is 18.5. The van der Waals surface area contributed by atoms with Crippen molar-refractivity contribution in [3.63, 3.8) is 0 Å². The van der Waals surface area contributed by atoms with E-state index in [2.05, 4.69) is 51.4 Å². The van der Waals surface area contributed by atoms with Gasteiger partial charge in [-0.2, -0.15) is 31.5 Å². The highest BCUT2D eigenvalue weighted by atomic mass is 32.1. The van der Waals surface area contributed by atoms with Gasteiger partial charge in [-0.05, 0) is 140 Å². The maximum absolute atomic E-state index is 12.8. The van der Waals surface area contributed by atoms with E-state index < -0.39 is 23.5 Å². The minimum absolute atomic E-state index is 0.169. The van der Waals surface area contributed by atoms with Crippen LogP contribution in [-0.4, -0.2) is 20.2 Å². The van der Waals surface area contributed by atoms with Crippen LogP contribution in [0.2, 0.25) is 0 Å². The van der Waals surface area contributed by atoms with E-state index in [0.717, 1.165) is 85.0 Å². The van der Waals surface area contributed by atoms with E-state index >= 15 is 0 Å². The van der Waals surface area contributed by atoms with Crippen molar-refractivity contribution >= 4 is 60.2 Å². The fourth-order valence-corrected chi connectivity index (χ4v) is 7.29. The lowest BCUT2D eigenvalue weighted by atomic mass is 10.2. The number of hydrogen-bond acceptors (Lipinski definition) is 9. The molecule has 0 fully saturated rings. The number of anilines is 1. The van der Waals surface area contributed by atoms with E-state index in [1.165, 1.54) is 15.8 Å². The lowest BCUT2D eigenvalue weighted by Gasteiger charge is -2.07. The molecule has 0 saturated heterocycles. The van der Waals surface area contributed by atoms with E-state index in [-0.39, 0.29) is 17.2 Å². The highest BCUT2D eigenvalue weighted by molar-refractivity contribution is 7.22. The molecule has 7 nitrogen and oxygen atoms in total. The lowest BCUT2D eigenvalue weighted by Crippen LogP contribution is -2.03. The molecular weight excluding hydrogens is 785 g/mol. The van der Waals surface area contributed by atoms with Crippen LogP contribution in [0.4, 0.5) is 43.4 Å². The molecule has 0 unspecified atom stereocenters. The highest BCUT2D eigenvalue weighted by Crippen LogP contribution is 2.37. The number of rotatable bonds is 4. The number of nitrogen functional groups attached to an aromatic ring is 1. The zero-order chi connectivity index (χ0) is 40.9. The van der Waals surface area contributed by atoms with Crippen LogP contribution in [0.25, 0.3) is 41.6 Å². The molecule has 0 aliphatic rings. The molecule has 15 heteroatoms. The Morgan fingerprint density at radius 3 is 1.51 bits per heavy atom. The van der Waals surface area contributed by atoms with Gasteiger partial charge in [-0.25, -0.2) is 9.97 Å². The second-order valence-electron chi connectivity index (χ2n) is 12.6. The molecule has 0 amide bonds. The summed E-state index contributed by atoms with van der Waals surface area (Å²) in [4.78, 5) is 9.25. The number of thiazole rings is 2. The Labute approximate surface area is 330 Å². The fraction of sp³-hybridized carbons (Fsp3) is 0.0952. The van der Waals surface area contributed by atoms with Gasteiger partial charge in [0.1, 0.15) is 27.2 Å². The minimum Gasteiger partial charge on any atom is -0.508 e. The molecule has 2 heterocycles. The lowest BCUT2D eigenvalue weighted by molar-refractivity contribution is -0.138. The van der Waals surface area contributed by atoms with Crippen molar-refractivity contribution in [1.29, 1.82) is 0 Å². The second-order valence-corrected chi connectivity index (χ2v) is 14.7. The largest absolute Gasteiger partial charge is 0.508 e. The third kappa shape index (κ3) is 10.5. The summed E-state index contributed by atoms with van der Waals surface area (Å²) in [5, 5.41) is 28.0. The van der Waals surface area contributed by atoms with Gasteiger partial charge in [0.15, 0.2) is 0 Å². The normalized spacial score (nSPS) is 11.6. The van der Waals surface area contributed by atoms with E-state index in [1.807, 2.05) is 55.5 Å². The van der Waals surface area contributed by atoms with Crippen LogP contribution >= 0.6 is 22.7 Å². The Balaban J connectivity index is 0.000000164. The fourth-order valence-electron chi connectivity index (χ4n) is 5.15. The van der Waals surface area contributed by atoms with Crippen molar-refractivity contribution in [3.05, 3.63) is 150 Å². The summed E-state index contributed by atoms with van der Waals surface area (Å²) in [6.07, 6.45) is -8.84. The van der Waals surface area contributed by atoms with Gasteiger partial charge in [-0.1, -0.05) is 12.1 Å². The van der Waals surface area contributed by atoms with Crippen LogP contribution in [0.15, 0.2) is 138 Å². The van der Waals surface area contributed by atoms with Crippen molar-refractivity contribution in [2.45, 2.75) is 26.2 Å². The highest BCUT2D eigenvalue weighted by Gasteiger charge is 2.31. The maximum Gasteiger partial charge on any atom is 0.416 e. The first-order valence-electron chi connectivity index (χ1n) is 16.9. The van der Waals surface area contributed by atoms with E-state index in [0.29, 0.717) is 5.69 Å². The quantitative estimate of drug-likeness (QED) is 0.0929. The van der Waals surface area contributed by atoms with Gasteiger partial charge in [0.2, 0.25) is 0 Å². The molecule has 57 heavy (non-hydrogen) atoms. The zero-order valence-corrected chi connectivity index (χ0v) is 31.6. The number of nitrogens with zero attached hydrogens (tertiary/aromatic N) is 4. The number of aromatic nitrogens is 2.